The Kier molecular flexibility index (Phi) is 6.05. The Morgan fingerprint density at radius 1 is 1.35 bits per heavy atom. The highest BCUT2D eigenvalue weighted by Crippen LogP contribution is 2.24. The molecule has 0 bridgehead atoms. The molecular formula is C17H27NO2. The highest BCUT2D eigenvalue weighted by atomic mass is 16.5. The maximum atomic E-state index is 12.1. The van der Waals surface area contributed by atoms with Crippen LogP contribution in [0.4, 0.5) is 0 Å². The fourth-order valence-corrected chi connectivity index (χ4v) is 2.20. The van der Waals surface area contributed by atoms with Crippen LogP contribution in [0.3, 0.4) is 0 Å². The first-order chi connectivity index (χ1) is 9.35. The van der Waals surface area contributed by atoms with Crippen LogP contribution in [-0.2, 0) is 4.79 Å². The number of ether oxygens (including phenoxy) is 1. The second-order valence-corrected chi connectivity index (χ2v) is 6.42. The fourth-order valence-electron chi connectivity index (χ4n) is 2.20. The zero-order chi connectivity index (χ0) is 15.2. The number of benzene rings is 1. The number of hydrogen-bond acceptors (Lipinski definition) is 2. The van der Waals surface area contributed by atoms with Crippen molar-refractivity contribution in [2.75, 3.05) is 7.11 Å². The van der Waals surface area contributed by atoms with Gasteiger partial charge in [-0.3, -0.25) is 4.79 Å². The fraction of sp³-hybridized carbons (Fsp3) is 0.588. The lowest BCUT2D eigenvalue weighted by Crippen LogP contribution is -2.31. The van der Waals surface area contributed by atoms with Crippen molar-refractivity contribution >= 4 is 5.91 Å². The van der Waals surface area contributed by atoms with Crippen LogP contribution >= 0.6 is 0 Å². The molecule has 1 aromatic rings. The summed E-state index contributed by atoms with van der Waals surface area (Å²) >= 11 is 0. The van der Waals surface area contributed by atoms with Crippen LogP contribution in [0.5, 0.6) is 5.75 Å². The molecule has 1 unspecified atom stereocenters. The molecule has 1 rings (SSSR count). The van der Waals surface area contributed by atoms with Crippen LogP contribution in [0.25, 0.3) is 0 Å². The molecule has 0 saturated heterocycles. The second-order valence-electron chi connectivity index (χ2n) is 6.42. The summed E-state index contributed by atoms with van der Waals surface area (Å²) < 4.78 is 5.26. The molecular weight excluding hydrogens is 250 g/mol. The topological polar surface area (TPSA) is 38.3 Å². The molecule has 0 saturated carbocycles. The van der Waals surface area contributed by atoms with Gasteiger partial charge in [0.1, 0.15) is 5.75 Å². The van der Waals surface area contributed by atoms with E-state index in [1.54, 1.807) is 7.11 Å². The molecule has 1 N–H and O–H groups in total. The van der Waals surface area contributed by atoms with Gasteiger partial charge in [-0.15, -0.1) is 0 Å². The summed E-state index contributed by atoms with van der Waals surface area (Å²) in [6.45, 7) is 8.36. The molecule has 0 aliphatic carbocycles. The number of carbonyl (C=O) groups excluding carboxylic acids is 1. The van der Waals surface area contributed by atoms with Gasteiger partial charge in [0.15, 0.2) is 0 Å². The van der Waals surface area contributed by atoms with Gasteiger partial charge in [-0.2, -0.15) is 0 Å². The molecule has 3 nitrogen and oxygen atoms in total. The summed E-state index contributed by atoms with van der Waals surface area (Å²) in [6.07, 6.45) is 2.50. The maximum Gasteiger partial charge on any atom is 0.221 e. The van der Waals surface area contributed by atoms with E-state index in [0.29, 0.717) is 6.42 Å². The van der Waals surface area contributed by atoms with Gasteiger partial charge in [0.25, 0.3) is 0 Å². The zero-order valence-electron chi connectivity index (χ0n) is 13.3. The number of carbonyl (C=O) groups is 1. The largest absolute Gasteiger partial charge is 0.497 e. The van der Waals surface area contributed by atoms with Gasteiger partial charge < -0.3 is 10.1 Å². The van der Waals surface area contributed by atoms with E-state index in [2.05, 4.69) is 33.0 Å². The van der Waals surface area contributed by atoms with Crippen LogP contribution in [-0.4, -0.2) is 13.0 Å². The van der Waals surface area contributed by atoms with Crippen molar-refractivity contribution in [1.82, 2.24) is 5.32 Å². The van der Waals surface area contributed by atoms with Gasteiger partial charge in [-0.05, 0) is 29.5 Å². The van der Waals surface area contributed by atoms with E-state index in [9.17, 15) is 4.79 Å². The van der Waals surface area contributed by atoms with Crippen molar-refractivity contribution in [2.45, 2.75) is 53.0 Å². The lowest BCUT2D eigenvalue weighted by atomic mass is 9.91. The van der Waals surface area contributed by atoms with E-state index >= 15 is 0 Å². The van der Waals surface area contributed by atoms with Gasteiger partial charge in [-0.25, -0.2) is 0 Å². The van der Waals surface area contributed by atoms with E-state index in [-0.39, 0.29) is 17.4 Å². The molecule has 0 heterocycles. The van der Waals surface area contributed by atoms with E-state index < -0.39 is 0 Å². The van der Waals surface area contributed by atoms with Gasteiger partial charge in [-0.1, -0.05) is 46.2 Å². The molecule has 1 amide bonds. The normalized spacial score (nSPS) is 12.8. The Bertz CT molecular complexity index is 435. The molecule has 20 heavy (non-hydrogen) atoms. The van der Waals surface area contributed by atoms with Crippen LogP contribution in [0.1, 0.15) is 58.6 Å². The number of nitrogens with one attached hydrogen (secondary N) is 1. The molecule has 0 radical (unpaired) electrons. The molecule has 3 heteroatoms. The number of amides is 1. The lowest BCUT2D eigenvalue weighted by molar-refractivity contribution is -0.123. The highest BCUT2D eigenvalue weighted by molar-refractivity contribution is 5.77. The smallest absolute Gasteiger partial charge is 0.221 e. The summed E-state index contributed by atoms with van der Waals surface area (Å²) in [7, 11) is 1.66. The SMILES string of the molecule is CCCC(NC(=O)CC(C)(C)C)c1cccc(OC)c1. The zero-order valence-corrected chi connectivity index (χ0v) is 13.3. The van der Waals surface area contributed by atoms with Crippen molar-refractivity contribution in [3.8, 4) is 5.75 Å². The Balaban J connectivity index is 2.80. The molecule has 112 valence electrons. The van der Waals surface area contributed by atoms with Gasteiger partial charge in [0.2, 0.25) is 5.91 Å². The standard InChI is InChI=1S/C17H27NO2/c1-6-8-15(18-16(19)12-17(2,3)4)13-9-7-10-14(11-13)20-5/h7,9-11,15H,6,8,12H2,1-5H3,(H,18,19). The first kappa shape index (κ1) is 16.5. The summed E-state index contributed by atoms with van der Waals surface area (Å²) in [6, 6.07) is 7.98. The molecule has 0 aliphatic heterocycles. The molecule has 0 fully saturated rings. The number of hydrogen-bond donors (Lipinski definition) is 1. The predicted molar refractivity (Wildman–Crippen MR) is 82.9 cm³/mol. The van der Waals surface area contributed by atoms with Crippen molar-refractivity contribution < 1.29 is 9.53 Å². The Labute approximate surface area is 122 Å². The molecule has 1 atom stereocenters. The minimum absolute atomic E-state index is 0.00915. The van der Waals surface area contributed by atoms with Crippen LogP contribution in [0, 0.1) is 5.41 Å². The van der Waals surface area contributed by atoms with E-state index in [1.165, 1.54) is 0 Å². The van der Waals surface area contributed by atoms with E-state index in [4.69, 9.17) is 4.74 Å². The Hall–Kier alpha value is -1.51. The molecule has 0 aromatic heterocycles. The third kappa shape index (κ3) is 5.64. The number of rotatable bonds is 6. The van der Waals surface area contributed by atoms with Crippen molar-refractivity contribution in [3.63, 3.8) is 0 Å². The van der Waals surface area contributed by atoms with Gasteiger partial charge >= 0.3 is 0 Å². The Morgan fingerprint density at radius 2 is 2.05 bits per heavy atom. The van der Waals surface area contributed by atoms with Crippen molar-refractivity contribution in [1.29, 1.82) is 0 Å². The lowest BCUT2D eigenvalue weighted by Gasteiger charge is -2.23. The highest BCUT2D eigenvalue weighted by Gasteiger charge is 2.19. The molecule has 1 aromatic carbocycles. The average molecular weight is 277 g/mol. The first-order valence-corrected chi connectivity index (χ1v) is 7.29. The van der Waals surface area contributed by atoms with E-state index in [1.807, 2.05) is 24.3 Å². The third-order valence-electron chi connectivity index (χ3n) is 3.10. The van der Waals surface area contributed by atoms with Gasteiger partial charge in [0, 0.05) is 6.42 Å². The summed E-state index contributed by atoms with van der Waals surface area (Å²) in [4.78, 5) is 12.1. The second kappa shape index (κ2) is 7.32. The maximum absolute atomic E-state index is 12.1. The average Bonchev–Trinajstić information content (AvgIpc) is 2.36. The monoisotopic (exact) mass is 277 g/mol. The molecule has 0 aliphatic rings. The quantitative estimate of drug-likeness (QED) is 0.850. The first-order valence-electron chi connectivity index (χ1n) is 7.29. The van der Waals surface area contributed by atoms with Crippen molar-refractivity contribution in [2.24, 2.45) is 5.41 Å². The van der Waals surface area contributed by atoms with Crippen molar-refractivity contribution in [3.05, 3.63) is 29.8 Å². The minimum atomic E-state index is 0.00915. The number of methoxy groups -OCH3 is 1. The molecule has 0 spiro atoms. The van der Waals surface area contributed by atoms with Crippen LogP contribution < -0.4 is 10.1 Å². The Morgan fingerprint density at radius 3 is 2.60 bits per heavy atom. The van der Waals surface area contributed by atoms with Crippen LogP contribution in [0.15, 0.2) is 24.3 Å². The predicted octanol–water partition coefficient (Wildman–Crippen LogP) is 4.09. The third-order valence-corrected chi connectivity index (χ3v) is 3.10. The summed E-state index contributed by atoms with van der Waals surface area (Å²) in [5, 5.41) is 3.15. The van der Waals surface area contributed by atoms with Crippen LogP contribution in [0.2, 0.25) is 0 Å². The van der Waals surface area contributed by atoms with E-state index in [0.717, 1.165) is 24.2 Å². The minimum Gasteiger partial charge on any atom is -0.497 e. The summed E-state index contributed by atoms with van der Waals surface area (Å²) in [5.74, 6) is 0.937. The van der Waals surface area contributed by atoms with Gasteiger partial charge in [0.05, 0.1) is 13.2 Å². The summed E-state index contributed by atoms with van der Waals surface area (Å²) in [5.41, 5.74) is 1.11.